The van der Waals surface area contributed by atoms with Gasteiger partial charge in [0.25, 0.3) is 0 Å². The van der Waals surface area contributed by atoms with Crippen LogP contribution in [0.25, 0.3) is 0 Å². The third-order valence-electron chi connectivity index (χ3n) is 3.40. The summed E-state index contributed by atoms with van der Waals surface area (Å²) >= 11 is 11.8. The Morgan fingerprint density at radius 1 is 1.12 bits per heavy atom. The first kappa shape index (κ1) is 18.4. The number of carbonyl (C=O) groups is 1. The molecule has 128 valence electrons. The summed E-state index contributed by atoms with van der Waals surface area (Å²) in [5.74, 6) is 0.705. The maximum absolute atomic E-state index is 12.0. The molecule has 0 aliphatic carbocycles. The summed E-state index contributed by atoms with van der Waals surface area (Å²) in [6, 6.07) is 12.0. The summed E-state index contributed by atoms with van der Waals surface area (Å²) in [6.07, 6.45) is -0.333. The molecule has 0 fully saturated rings. The molecule has 2 amide bonds. The van der Waals surface area contributed by atoms with Crippen molar-refractivity contribution in [3.63, 3.8) is 0 Å². The van der Waals surface area contributed by atoms with Crippen molar-refractivity contribution in [2.45, 2.75) is 6.10 Å². The SMILES string of the molecule is COc1ccccc1C(CNC(=O)Nc1ccc(Cl)c(Cl)c1)OC. The second-order valence-electron chi connectivity index (χ2n) is 4.93. The molecular weight excluding hydrogens is 351 g/mol. The van der Waals surface area contributed by atoms with Gasteiger partial charge in [-0.1, -0.05) is 41.4 Å². The van der Waals surface area contributed by atoms with Gasteiger partial charge in [0.05, 0.1) is 17.2 Å². The molecule has 1 atom stereocenters. The van der Waals surface area contributed by atoms with E-state index in [1.54, 1.807) is 32.4 Å². The molecule has 0 spiro atoms. The predicted octanol–water partition coefficient (Wildman–Crippen LogP) is 4.51. The smallest absolute Gasteiger partial charge is 0.319 e. The Hall–Kier alpha value is -1.95. The van der Waals surface area contributed by atoms with Gasteiger partial charge in [0, 0.05) is 24.9 Å². The van der Waals surface area contributed by atoms with Crippen molar-refractivity contribution in [3.8, 4) is 5.75 Å². The fourth-order valence-corrected chi connectivity index (χ4v) is 2.49. The van der Waals surface area contributed by atoms with E-state index in [9.17, 15) is 4.79 Å². The second kappa shape index (κ2) is 8.78. The zero-order chi connectivity index (χ0) is 17.5. The van der Waals surface area contributed by atoms with Crippen molar-refractivity contribution < 1.29 is 14.3 Å². The summed E-state index contributed by atoms with van der Waals surface area (Å²) in [6.45, 7) is 0.282. The normalized spacial score (nSPS) is 11.7. The number of urea groups is 1. The Morgan fingerprint density at radius 2 is 1.88 bits per heavy atom. The van der Waals surface area contributed by atoms with Gasteiger partial charge < -0.3 is 20.1 Å². The van der Waals surface area contributed by atoms with Crippen LogP contribution in [-0.2, 0) is 4.74 Å². The molecule has 2 aromatic rings. The fraction of sp³-hybridized carbons (Fsp3) is 0.235. The van der Waals surface area contributed by atoms with Crippen LogP contribution in [0.15, 0.2) is 42.5 Å². The molecule has 0 saturated heterocycles. The van der Waals surface area contributed by atoms with Gasteiger partial charge in [-0.15, -0.1) is 0 Å². The molecule has 0 radical (unpaired) electrons. The topological polar surface area (TPSA) is 59.6 Å². The zero-order valence-corrected chi connectivity index (χ0v) is 14.8. The number of rotatable bonds is 6. The highest BCUT2D eigenvalue weighted by Crippen LogP contribution is 2.27. The molecule has 2 N–H and O–H groups in total. The van der Waals surface area contributed by atoms with Gasteiger partial charge in [-0.3, -0.25) is 0 Å². The monoisotopic (exact) mass is 368 g/mol. The number of amides is 2. The average molecular weight is 369 g/mol. The summed E-state index contributed by atoms with van der Waals surface area (Å²) in [5, 5.41) is 6.25. The molecule has 5 nitrogen and oxygen atoms in total. The highest BCUT2D eigenvalue weighted by molar-refractivity contribution is 6.42. The largest absolute Gasteiger partial charge is 0.496 e. The van der Waals surface area contributed by atoms with E-state index in [1.165, 1.54) is 0 Å². The molecule has 0 aromatic heterocycles. The third-order valence-corrected chi connectivity index (χ3v) is 4.13. The minimum Gasteiger partial charge on any atom is -0.496 e. The lowest BCUT2D eigenvalue weighted by Crippen LogP contribution is -2.33. The maximum Gasteiger partial charge on any atom is 0.319 e. The number of hydrogen-bond donors (Lipinski definition) is 2. The Morgan fingerprint density at radius 3 is 2.54 bits per heavy atom. The Balaban J connectivity index is 1.97. The van der Waals surface area contributed by atoms with Gasteiger partial charge in [-0.25, -0.2) is 4.79 Å². The van der Waals surface area contributed by atoms with E-state index < -0.39 is 0 Å². The van der Waals surface area contributed by atoms with E-state index in [2.05, 4.69) is 10.6 Å². The second-order valence-corrected chi connectivity index (χ2v) is 5.74. The first-order valence-electron chi connectivity index (χ1n) is 7.20. The van der Waals surface area contributed by atoms with E-state index in [-0.39, 0.29) is 18.7 Å². The molecule has 0 bridgehead atoms. The van der Waals surface area contributed by atoms with Crippen LogP contribution in [0.5, 0.6) is 5.75 Å². The number of hydrogen-bond acceptors (Lipinski definition) is 3. The van der Waals surface area contributed by atoms with Crippen molar-refractivity contribution in [1.29, 1.82) is 0 Å². The number of carbonyl (C=O) groups excluding carboxylic acids is 1. The van der Waals surface area contributed by atoms with Gasteiger partial charge in [0.2, 0.25) is 0 Å². The van der Waals surface area contributed by atoms with Gasteiger partial charge >= 0.3 is 6.03 Å². The zero-order valence-electron chi connectivity index (χ0n) is 13.3. The van der Waals surface area contributed by atoms with Crippen LogP contribution in [0.4, 0.5) is 10.5 Å². The molecular formula is C17H18Cl2N2O3. The number of para-hydroxylation sites is 1. The van der Waals surface area contributed by atoms with Crippen LogP contribution < -0.4 is 15.4 Å². The first-order valence-corrected chi connectivity index (χ1v) is 7.96. The van der Waals surface area contributed by atoms with Crippen molar-refractivity contribution in [1.82, 2.24) is 5.32 Å². The number of anilines is 1. The predicted molar refractivity (Wildman–Crippen MR) is 96.2 cm³/mol. The van der Waals surface area contributed by atoms with E-state index in [0.717, 1.165) is 5.56 Å². The Bertz CT molecular complexity index is 710. The van der Waals surface area contributed by atoms with Crippen LogP contribution in [0.3, 0.4) is 0 Å². The van der Waals surface area contributed by atoms with Crippen molar-refractivity contribution in [3.05, 3.63) is 58.1 Å². The lowest BCUT2D eigenvalue weighted by Gasteiger charge is -2.19. The van der Waals surface area contributed by atoms with E-state index >= 15 is 0 Å². The highest BCUT2D eigenvalue weighted by atomic mass is 35.5. The van der Waals surface area contributed by atoms with E-state index in [4.69, 9.17) is 32.7 Å². The number of ether oxygens (including phenoxy) is 2. The minimum atomic E-state index is -0.370. The summed E-state index contributed by atoms with van der Waals surface area (Å²) < 4.78 is 10.8. The van der Waals surface area contributed by atoms with Crippen LogP contribution in [-0.4, -0.2) is 26.8 Å². The summed E-state index contributed by atoms with van der Waals surface area (Å²) in [4.78, 5) is 12.0. The number of methoxy groups -OCH3 is 2. The standard InChI is InChI=1S/C17H18Cl2N2O3/c1-23-15-6-4-3-5-12(15)16(24-2)10-20-17(22)21-11-7-8-13(18)14(19)9-11/h3-9,16H,10H2,1-2H3,(H2,20,21,22). The number of nitrogens with one attached hydrogen (secondary N) is 2. The molecule has 0 saturated carbocycles. The van der Waals surface area contributed by atoms with Gasteiger partial charge in [-0.05, 0) is 24.3 Å². The summed E-state index contributed by atoms with van der Waals surface area (Å²) in [5.41, 5.74) is 1.41. The van der Waals surface area contributed by atoms with Crippen molar-refractivity contribution in [2.24, 2.45) is 0 Å². The van der Waals surface area contributed by atoms with Crippen LogP contribution >= 0.6 is 23.2 Å². The number of benzene rings is 2. The highest BCUT2D eigenvalue weighted by Gasteiger charge is 2.16. The molecule has 2 aromatic carbocycles. The molecule has 0 aliphatic rings. The minimum absolute atomic E-state index is 0.282. The quantitative estimate of drug-likeness (QED) is 0.788. The molecule has 24 heavy (non-hydrogen) atoms. The maximum atomic E-state index is 12.0. The summed E-state index contributed by atoms with van der Waals surface area (Å²) in [7, 11) is 3.17. The molecule has 0 aliphatic heterocycles. The van der Waals surface area contributed by atoms with Gasteiger partial charge in [0.1, 0.15) is 11.9 Å². The Kier molecular flexibility index (Phi) is 6.73. The van der Waals surface area contributed by atoms with Crippen LogP contribution in [0, 0.1) is 0 Å². The molecule has 0 heterocycles. The lowest BCUT2D eigenvalue weighted by molar-refractivity contribution is 0.102. The van der Waals surface area contributed by atoms with Crippen LogP contribution in [0.2, 0.25) is 10.0 Å². The fourth-order valence-electron chi connectivity index (χ4n) is 2.19. The lowest BCUT2D eigenvalue weighted by atomic mass is 10.1. The van der Waals surface area contributed by atoms with Gasteiger partial charge in [0.15, 0.2) is 0 Å². The van der Waals surface area contributed by atoms with Crippen LogP contribution in [0.1, 0.15) is 11.7 Å². The van der Waals surface area contributed by atoms with Crippen molar-refractivity contribution in [2.75, 3.05) is 26.1 Å². The van der Waals surface area contributed by atoms with E-state index in [1.807, 2.05) is 24.3 Å². The van der Waals surface area contributed by atoms with Gasteiger partial charge in [-0.2, -0.15) is 0 Å². The first-order chi connectivity index (χ1) is 11.5. The van der Waals surface area contributed by atoms with E-state index in [0.29, 0.717) is 21.5 Å². The molecule has 1 unspecified atom stereocenters. The average Bonchev–Trinajstić information content (AvgIpc) is 2.59. The molecule has 2 rings (SSSR count). The third kappa shape index (κ3) is 4.77. The van der Waals surface area contributed by atoms with Crippen molar-refractivity contribution >= 4 is 34.9 Å². The Labute approximate surface area is 150 Å². The number of halogens is 2. The molecule has 7 heteroatoms.